The Morgan fingerprint density at radius 3 is 2.67 bits per heavy atom. The van der Waals surface area contributed by atoms with Gasteiger partial charge in [-0.15, -0.1) is 0 Å². The molecule has 0 aromatic carbocycles. The number of halogens is 3. The molecule has 0 aromatic heterocycles. The van der Waals surface area contributed by atoms with Gasteiger partial charge in [0, 0.05) is 13.2 Å². The normalized spacial score (nSPS) is 29.6. The summed E-state index contributed by atoms with van der Waals surface area (Å²) in [6, 6.07) is -0.295. The summed E-state index contributed by atoms with van der Waals surface area (Å²) in [5.74, 6) is -0.484. The quantitative estimate of drug-likeness (QED) is 0.464. The van der Waals surface area contributed by atoms with Crippen molar-refractivity contribution < 1.29 is 18.0 Å². The molecule has 4 atom stereocenters. The van der Waals surface area contributed by atoms with E-state index in [1.807, 2.05) is 0 Å². The Kier molecular flexibility index (Phi) is 4.27. The number of alkyl halides is 3. The molecule has 1 heterocycles. The lowest BCUT2D eigenvalue weighted by Crippen LogP contribution is -2.54. The van der Waals surface area contributed by atoms with Crippen LogP contribution in [0.4, 0.5) is 13.2 Å². The van der Waals surface area contributed by atoms with Gasteiger partial charge < -0.3 is 15.5 Å². The largest absolute Gasteiger partial charge is 0.449 e. The Morgan fingerprint density at radius 1 is 1.57 bits per heavy atom. The molecule has 5 nitrogen and oxygen atoms in total. The summed E-state index contributed by atoms with van der Waals surface area (Å²) in [5.41, 5.74) is 0. The Bertz CT molecular complexity index is 463. The number of amides is 1. The Labute approximate surface area is 121 Å². The second-order valence-corrected chi connectivity index (χ2v) is 5.47. The van der Waals surface area contributed by atoms with Crippen molar-refractivity contribution in [3.8, 4) is 0 Å². The van der Waals surface area contributed by atoms with E-state index >= 15 is 0 Å². The smallest absolute Gasteiger partial charge is 0.336 e. The van der Waals surface area contributed by atoms with Crippen LogP contribution in [0.1, 0.15) is 13.3 Å². The molecule has 0 aromatic rings. The van der Waals surface area contributed by atoms with Crippen LogP contribution in [0.3, 0.4) is 0 Å². The molecular formula is C13H19F3N4O. The minimum atomic E-state index is -4.60. The first-order chi connectivity index (χ1) is 9.75. The molecule has 1 aliphatic heterocycles. The van der Waals surface area contributed by atoms with Gasteiger partial charge in [-0.25, -0.2) is 4.99 Å². The number of piperidine rings is 1. The van der Waals surface area contributed by atoms with Crippen molar-refractivity contribution in [1.29, 1.82) is 0 Å². The summed E-state index contributed by atoms with van der Waals surface area (Å²) < 4.78 is 38.6. The van der Waals surface area contributed by atoms with E-state index in [0.29, 0.717) is 11.8 Å². The van der Waals surface area contributed by atoms with Crippen LogP contribution in [0.25, 0.3) is 0 Å². The Balaban J connectivity index is 1.98. The lowest BCUT2D eigenvalue weighted by atomic mass is 10.2. The van der Waals surface area contributed by atoms with Crippen molar-refractivity contribution in [3.05, 3.63) is 12.8 Å². The summed E-state index contributed by atoms with van der Waals surface area (Å²) in [4.78, 5) is 16.2. The monoisotopic (exact) mass is 304 g/mol. The van der Waals surface area contributed by atoms with Crippen LogP contribution in [0.15, 0.2) is 17.8 Å². The Hall–Kier alpha value is -1.57. The zero-order valence-electron chi connectivity index (χ0n) is 11.9. The highest BCUT2D eigenvalue weighted by atomic mass is 19.4. The lowest BCUT2D eigenvalue weighted by Gasteiger charge is -2.30. The number of hydrogen-bond donors (Lipinski definition) is 2. The average molecular weight is 304 g/mol. The predicted molar refractivity (Wildman–Crippen MR) is 72.4 cm³/mol. The van der Waals surface area contributed by atoms with E-state index in [-0.39, 0.29) is 11.9 Å². The third kappa shape index (κ3) is 3.37. The van der Waals surface area contributed by atoms with Crippen LogP contribution in [0, 0.1) is 11.8 Å². The first kappa shape index (κ1) is 15.8. The summed E-state index contributed by atoms with van der Waals surface area (Å²) >= 11 is 0. The van der Waals surface area contributed by atoms with E-state index in [9.17, 15) is 18.0 Å². The topological polar surface area (TPSA) is 56.7 Å². The standard InChI is InChI=1S/C13H19F3N4O/c1-4-17-12(13(14,15)16)20(3)7(2)19-11(21)10-9-5-8(9)6-18-10/h4,7-10,18H,1,5-6H2,2-3H3,(H,19,21)/t7?,8-,9?,10?/m0/s1. The van der Waals surface area contributed by atoms with Crippen molar-refractivity contribution in [2.45, 2.75) is 31.7 Å². The summed E-state index contributed by atoms with van der Waals surface area (Å²) in [6.45, 7) is 5.48. The van der Waals surface area contributed by atoms with Crippen molar-refractivity contribution in [1.82, 2.24) is 15.5 Å². The van der Waals surface area contributed by atoms with Gasteiger partial charge in [0.05, 0.1) is 12.2 Å². The number of carbonyl (C=O) groups is 1. The maximum Gasteiger partial charge on any atom is 0.449 e. The van der Waals surface area contributed by atoms with Gasteiger partial charge in [0.1, 0.15) is 0 Å². The van der Waals surface area contributed by atoms with E-state index < -0.39 is 18.2 Å². The molecule has 1 saturated carbocycles. The number of aliphatic imine (C=N–C) groups is 1. The van der Waals surface area contributed by atoms with Crippen molar-refractivity contribution in [2.75, 3.05) is 13.6 Å². The number of carbonyl (C=O) groups excluding carboxylic acids is 1. The van der Waals surface area contributed by atoms with Gasteiger partial charge in [-0.1, -0.05) is 6.58 Å². The first-order valence-corrected chi connectivity index (χ1v) is 6.78. The predicted octanol–water partition coefficient (Wildman–Crippen LogP) is 1.09. The molecule has 2 rings (SSSR count). The molecular weight excluding hydrogens is 285 g/mol. The molecule has 1 saturated heterocycles. The van der Waals surface area contributed by atoms with Crippen molar-refractivity contribution in [3.63, 3.8) is 0 Å². The molecule has 118 valence electrons. The molecule has 21 heavy (non-hydrogen) atoms. The molecule has 0 spiro atoms. The van der Waals surface area contributed by atoms with Gasteiger partial charge in [0.25, 0.3) is 0 Å². The fourth-order valence-corrected chi connectivity index (χ4v) is 2.66. The molecule has 0 bridgehead atoms. The lowest BCUT2D eigenvalue weighted by molar-refractivity contribution is -0.125. The van der Waals surface area contributed by atoms with Crippen LogP contribution in [-0.2, 0) is 4.79 Å². The average Bonchev–Trinajstić information content (AvgIpc) is 3.04. The van der Waals surface area contributed by atoms with Gasteiger partial charge in [0.2, 0.25) is 11.7 Å². The fraction of sp³-hybridized carbons (Fsp3) is 0.692. The number of rotatable bonds is 4. The molecule has 2 N–H and O–H groups in total. The zero-order chi connectivity index (χ0) is 15.8. The summed E-state index contributed by atoms with van der Waals surface area (Å²) in [6.07, 6.45) is -3.57. The van der Waals surface area contributed by atoms with Crippen LogP contribution in [0.5, 0.6) is 0 Å². The second kappa shape index (κ2) is 5.67. The number of amidine groups is 1. The highest BCUT2D eigenvalue weighted by Gasteiger charge is 2.51. The van der Waals surface area contributed by atoms with Gasteiger partial charge in [0.15, 0.2) is 0 Å². The number of nitrogens with one attached hydrogen (secondary N) is 2. The fourth-order valence-electron chi connectivity index (χ4n) is 2.66. The third-order valence-electron chi connectivity index (χ3n) is 4.02. The van der Waals surface area contributed by atoms with Crippen LogP contribution < -0.4 is 10.6 Å². The van der Waals surface area contributed by atoms with Gasteiger partial charge >= 0.3 is 6.18 Å². The maximum atomic E-state index is 12.9. The van der Waals surface area contributed by atoms with Crippen LogP contribution in [-0.4, -0.2) is 48.6 Å². The highest BCUT2D eigenvalue weighted by molar-refractivity contribution is 5.89. The number of hydrogen-bond acceptors (Lipinski definition) is 3. The molecule has 1 amide bonds. The van der Waals surface area contributed by atoms with Crippen molar-refractivity contribution >= 4 is 11.7 Å². The van der Waals surface area contributed by atoms with Crippen LogP contribution in [0.2, 0.25) is 0 Å². The van der Waals surface area contributed by atoms with E-state index in [4.69, 9.17) is 0 Å². The molecule has 3 unspecified atom stereocenters. The summed E-state index contributed by atoms with van der Waals surface area (Å²) in [5, 5.41) is 5.68. The number of nitrogens with zero attached hydrogens (tertiary/aromatic N) is 2. The van der Waals surface area contributed by atoms with E-state index in [1.54, 1.807) is 0 Å². The third-order valence-corrected chi connectivity index (χ3v) is 4.02. The van der Waals surface area contributed by atoms with Crippen LogP contribution >= 0.6 is 0 Å². The molecule has 0 radical (unpaired) electrons. The van der Waals surface area contributed by atoms with Gasteiger partial charge in [-0.3, -0.25) is 4.79 Å². The molecule has 1 aliphatic carbocycles. The van der Waals surface area contributed by atoms with E-state index in [1.165, 1.54) is 14.0 Å². The van der Waals surface area contributed by atoms with Crippen molar-refractivity contribution in [2.24, 2.45) is 16.8 Å². The van der Waals surface area contributed by atoms with Gasteiger partial charge in [-0.2, -0.15) is 13.2 Å². The molecule has 2 fully saturated rings. The van der Waals surface area contributed by atoms with E-state index in [0.717, 1.165) is 24.1 Å². The zero-order valence-corrected chi connectivity index (χ0v) is 11.9. The van der Waals surface area contributed by atoms with Gasteiger partial charge in [-0.05, 0) is 31.7 Å². The first-order valence-electron chi connectivity index (χ1n) is 6.78. The van der Waals surface area contributed by atoms with E-state index in [2.05, 4.69) is 22.2 Å². The highest BCUT2D eigenvalue weighted by Crippen LogP contribution is 2.45. The SMILES string of the molecule is C=CN=C(N(C)C(C)NC(=O)C1NC[C@@H]2CC12)C(F)(F)F. The Morgan fingerprint density at radius 2 is 2.24 bits per heavy atom. The minimum absolute atomic E-state index is 0.264. The number of fused-ring (bicyclic) bond motifs is 1. The minimum Gasteiger partial charge on any atom is -0.336 e. The summed E-state index contributed by atoms with van der Waals surface area (Å²) in [7, 11) is 1.24. The molecule has 2 aliphatic rings. The molecule has 8 heteroatoms. The second-order valence-electron chi connectivity index (χ2n) is 5.47. The maximum absolute atomic E-state index is 12.9.